The van der Waals surface area contributed by atoms with E-state index in [2.05, 4.69) is 20.9 Å². The summed E-state index contributed by atoms with van der Waals surface area (Å²) in [5, 5.41) is 0. The predicted octanol–water partition coefficient (Wildman–Crippen LogP) is 3.73. The van der Waals surface area contributed by atoms with E-state index in [1.807, 2.05) is 0 Å². The molecule has 14 heavy (non-hydrogen) atoms. The monoisotopic (exact) mass is 267 g/mol. The van der Waals surface area contributed by atoms with Gasteiger partial charge in [-0.05, 0) is 40.4 Å². The molecule has 78 valence electrons. The lowest BCUT2D eigenvalue weighted by molar-refractivity contribution is -0.135. The van der Waals surface area contributed by atoms with Crippen LogP contribution in [0.2, 0.25) is 0 Å². The Balaban J connectivity index is 2.39. The molecule has 0 aliphatic rings. The lowest BCUT2D eigenvalue weighted by Crippen LogP contribution is -2.07. The Hall–Kier alpha value is -0.580. The maximum Gasteiger partial charge on any atom is 0.389 e. The van der Waals surface area contributed by atoms with Crippen molar-refractivity contribution in [2.75, 3.05) is 0 Å². The van der Waals surface area contributed by atoms with Gasteiger partial charge in [-0.1, -0.05) is 0 Å². The molecule has 0 amide bonds. The zero-order valence-electron chi connectivity index (χ0n) is 7.31. The highest BCUT2D eigenvalue weighted by molar-refractivity contribution is 9.10. The average Bonchev–Trinajstić information content (AvgIpc) is 2.01. The van der Waals surface area contributed by atoms with Crippen LogP contribution in [-0.2, 0) is 6.42 Å². The van der Waals surface area contributed by atoms with Gasteiger partial charge >= 0.3 is 6.18 Å². The molecule has 0 saturated carbocycles. The molecule has 1 aromatic heterocycles. The summed E-state index contributed by atoms with van der Waals surface area (Å²) < 4.78 is 36.2. The summed E-state index contributed by atoms with van der Waals surface area (Å²) in [7, 11) is 0. The molecule has 0 aliphatic carbocycles. The van der Waals surface area contributed by atoms with Crippen LogP contribution >= 0.6 is 15.9 Å². The zero-order valence-corrected chi connectivity index (χ0v) is 8.90. The van der Waals surface area contributed by atoms with Crippen molar-refractivity contribution in [1.82, 2.24) is 4.98 Å². The highest BCUT2D eigenvalue weighted by Gasteiger charge is 2.25. The molecule has 0 spiro atoms. The highest BCUT2D eigenvalue weighted by Crippen LogP contribution is 2.22. The van der Waals surface area contributed by atoms with Crippen LogP contribution < -0.4 is 0 Å². The summed E-state index contributed by atoms with van der Waals surface area (Å²) in [5.41, 5.74) is 0.823. The lowest BCUT2D eigenvalue weighted by Gasteiger charge is -2.05. The van der Waals surface area contributed by atoms with Crippen molar-refractivity contribution >= 4 is 15.9 Å². The minimum atomic E-state index is -4.06. The van der Waals surface area contributed by atoms with Crippen molar-refractivity contribution in [1.29, 1.82) is 0 Å². The second-order valence-corrected chi connectivity index (χ2v) is 3.90. The first kappa shape index (κ1) is 11.5. The van der Waals surface area contributed by atoms with E-state index in [1.54, 1.807) is 18.5 Å². The van der Waals surface area contributed by atoms with Gasteiger partial charge in [0, 0.05) is 23.3 Å². The number of nitrogens with zero attached hydrogens (tertiary/aromatic N) is 1. The second-order valence-electron chi connectivity index (χ2n) is 2.98. The van der Waals surface area contributed by atoms with Crippen molar-refractivity contribution in [2.45, 2.75) is 25.4 Å². The van der Waals surface area contributed by atoms with Gasteiger partial charge in [-0.15, -0.1) is 0 Å². The van der Waals surface area contributed by atoms with E-state index in [1.165, 1.54) is 0 Å². The summed E-state index contributed by atoms with van der Waals surface area (Å²) in [4.78, 5) is 3.87. The number of pyridine rings is 1. The van der Waals surface area contributed by atoms with Gasteiger partial charge in [-0.25, -0.2) is 0 Å². The molecule has 1 rings (SSSR count). The number of aromatic nitrogens is 1. The molecule has 1 heterocycles. The van der Waals surface area contributed by atoms with Crippen LogP contribution in [0.4, 0.5) is 13.2 Å². The van der Waals surface area contributed by atoms with Crippen LogP contribution in [0, 0.1) is 0 Å². The molecule has 0 N–H and O–H groups in total. The fourth-order valence-electron chi connectivity index (χ4n) is 1.09. The van der Waals surface area contributed by atoms with E-state index in [9.17, 15) is 13.2 Å². The Morgan fingerprint density at radius 3 is 2.57 bits per heavy atom. The fraction of sp³-hybridized carbons (Fsp3) is 0.444. The zero-order chi connectivity index (χ0) is 10.6. The smallest absolute Gasteiger partial charge is 0.263 e. The molecule has 0 fully saturated rings. The topological polar surface area (TPSA) is 12.9 Å². The first-order chi connectivity index (χ1) is 6.47. The first-order valence-corrected chi connectivity index (χ1v) is 4.93. The molecule has 0 radical (unpaired) electrons. The Morgan fingerprint density at radius 1 is 1.29 bits per heavy atom. The minimum absolute atomic E-state index is 0.113. The van der Waals surface area contributed by atoms with Crippen molar-refractivity contribution in [3.63, 3.8) is 0 Å². The van der Waals surface area contributed by atoms with Crippen LogP contribution in [0.3, 0.4) is 0 Å². The van der Waals surface area contributed by atoms with Gasteiger partial charge < -0.3 is 0 Å². The van der Waals surface area contributed by atoms with E-state index in [4.69, 9.17) is 0 Å². The van der Waals surface area contributed by atoms with Crippen LogP contribution in [0.25, 0.3) is 0 Å². The van der Waals surface area contributed by atoms with Crippen LogP contribution in [0.15, 0.2) is 22.9 Å². The molecule has 1 aromatic rings. The molecule has 0 aromatic carbocycles. The van der Waals surface area contributed by atoms with Gasteiger partial charge in [-0.2, -0.15) is 13.2 Å². The third-order valence-electron chi connectivity index (χ3n) is 1.69. The molecule has 0 unspecified atom stereocenters. The molecule has 1 nitrogen and oxygen atoms in total. The summed E-state index contributed by atoms with van der Waals surface area (Å²) in [5.74, 6) is 0. The first-order valence-electron chi connectivity index (χ1n) is 4.13. The van der Waals surface area contributed by atoms with Crippen molar-refractivity contribution in [3.8, 4) is 0 Å². The van der Waals surface area contributed by atoms with Crippen LogP contribution in [0.1, 0.15) is 18.4 Å². The molecule has 0 aliphatic heterocycles. The van der Waals surface area contributed by atoms with Gasteiger partial charge in [0.15, 0.2) is 0 Å². The highest BCUT2D eigenvalue weighted by atomic mass is 79.9. The molecule has 0 saturated heterocycles. The average molecular weight is 268 g/mol. The third-order valence-corrected chi connectivity index (χ3v) is 2.12. The quantitative estimate of drug-likeness (QED) is 0.813. The summed E-state index contributed by atoms with van der Waals surface area (Å²) in [6.07, 6.45) is -1.08. The van der Waals surface area contributed by atoms with Crippen molar-refractivity contribution in [2.24, 2.45) is 0 Å². The van der Waals surface area contributed by atoms with Gasteiger partial charge in [0.2, 0.25) is 0 Å². The summed E-state index contributed by atoms with van der Waals surface area (Å²) >= 11 is 3.21. The van der Waals surface area contributed by atoms with Crippen LogP contribution in [-0.4, -0.2) is 11.2 Å². The number of alkyl halides is 3. The van der Waals surface area contributed by atoms with Crippen molar-refractivity contribution in [3.05, 3.63) is 28.5 Å². The number of hydrogen-bond donors (Lipinski definition) is 0. The SMILES string of the molecule is FC(F)(F)CCCc1cncc(Br)c1. The summed E-state index contributed by atoms with van der Waals surface area (Å²) in [6.45, 7) is 0. The molecular weight excluding hydrogens is 259 g/mol. The van der Waals surface area contributed by atoms with E-state index in [-0.39, 0.29) is 6.42 Å². The fourth-order valence-corrected chi connectivity index (χ4v) is 1.50. The largest absolute Gasteiger partial charge is 0.389 e. The predicted molar refractivity (Wildman–Crippen MR) is 50.9 cm³/mol. The van der Waals surface area contributed by atoms with Gasteiger partial charge in [0.05, 0.1) is 0 Å². The minimum Gasteiger partial charge on any atom is -0.263 e. The van der Waals surface area contributed by atoms with E-state index >= 15 is 0 Å². The number of halogens is 4. The number of hydrogen-bond acceptors (Lipinski definition) is 1. The van der Waals surface area contributed by atoms with Gasteiger partial charge in [0.25, 0.3) is 0 Å². The van der Waals surface area contributed by atoms with E-state index in [0.29, 0.717) is 6.42 Å². The van der Waals surface area contributed by atoms with Crippen LogP contribution in [0.5, 0.6) is 0 Å². The Kier molecular flexibility index (Phi) is 3.92. The standard InChI is InChI=1S/C9H9BrF3N/c10-8-4-7(5-14-6-8)2-1-3-9(11,12)13/h4-6H,1-3H2. The molecule has 0 atom stereocenters. The Morgan fingerprint density at radius 2 is 2.00 bits per heavy atom. The second kappa shape index (κ2) is 4.77. The van der Waals surface area contributed by atoms with E-state index in [0.717, 1.165) is 10.0 Å². The summed E-state index contributed by atoms with van der Waals surface area (Å²) in [6, 6.07) is 1.78. The molecular formula is C9H9BrF3N. The van der Waals surface area contributed by atoms with E-state index < -0.39 is 12.6 Å². The third kappa shape index (κ3) is 4.60. The molecule has 0 bridgehead atoms. The molecule has 5 heteroatoms. The Bertz CT molecular complexity index is 298. The van der Waals surface area contributed by atoms with Gasteiger partial charge in [0.1, 0.15) is 0 Å². The normalized spacial score (nSPS) is 11.7. The number of rotatable bonds is 3. The maximum atomic E-state index is 11.8. The van der Waals surface area contributed by atoms with Gasteiger partial charge in [-0.3, -0.25) is 4.98 Å². The number of aryl methyl sites for hydroxylation is 1. The van der Waals surface area contributed by atoms with Crippen molar-refractivity contribution < 1.29 is 13.2 Å². The maximum absolute atomic E-state index is 11.8. The Labute approximate surface area is 88.5 Å². The lowest BCUT2D eigenvalue weighted by atomic mass is 10.1.